The van der Waals surface area contributed by atoms with Crippen molar-refractivity contribution in [2.45, 2.75) is 97.6 Å². The number of fused-ring (bicyclic) bond motifs is 1. The average Bonchev–Trinajstić information content (AvgIpc) is 3.14. The van der Waals surface area contributed by atoms with Gasteiger partial charge in [0, 0.05) is 12.0 Å². The molecule has 6 heteroatoms. The van der Waals surface area contributed by atoms with Gasteiger partial charge in [0.25, 0.3) is 0 Å². The van der Waals surface area contributed by atoms with Crippen molar-refractivity contribution in [2.24, 2.45) is 17.8 Å². The summed E-state index contributed by atoms with van der Waals surface area (Å²) in [6, 6.07) is 3.88. The number of benzene rings is 1. The SMILES string of the molecule is CCC1=C([C@H](O)CC/C(C)=C/c2cc(C)c(O)c(C)c2)[C@H](CO)[C@@H]2C(=O)N(C3CCCCC3)C(=O)[C@@H]2C1. The summed E-state index contributed by atoms with van der Waals surface area (Å²) in [6.45, 7) is 7.58. The van der Waals surface area contributed by atoms with Crippen molar-refractivity contribution in [3.05, 3.63) is 45.5 Å². The molecule has 0 aromatic heterocycles. The number of aromatic hydroxyl groups is 1. The van der Waals surface area contributed by atoms with Gasteiger partial charge in [0.1, 0.15) is 5.75 Å². The topological polar surface area (TPSA) is 98.1 Å². The first-order valence-electron chi connectivity index (χ1n) is 14.0. The number of nitrogens with zero attached hydrogens (tertiary/aromatic N) is 1. The largest absolute Gasteiger partial charge is 0.507 e. The lowest BCUT2D eigenvalue weighted by molar-refractivity contribution is -0.143. The number of allylic oxidation sites excluding steroid dienone is 2. The molecule has 0 radical (unpaired) electrons. The van der Waals surface area contributed by atoms with Crippen LogP contribution < -0.4 is 0 Å². The minimum atomic E-state index is -0.772. The zero-order valence-electron chi connectivity index (χ0n) is 22.8. The summed E-state index contributed by atoms with van der Waals surface area (Å²) in [7, 11) is 0. The number of rotatable bonds is 8. The van der Waals surface area contributed by atoms with E-state index in [1.54, 1.807) is 0 Å². The van der Waals surface area contributed by atoms with E-state index in [4.69, 9.17) is 0 Å². The first-order valence-corrected chi connectivity index (χ1v) is 14.0. The molecule has 1 heterocycles. The maximum absolute atomic E-state index is 13.6. The van der Waals surface area contributed by atoms with Crippen molar-refractivity contribution in [2.75, 3.05) is 6.61 Å². The summed E-state index contributed by atoms with van der Waals surface area (Å²) in [5.41, 5.74) is 5.58. The standard InChI is InChI=1S/C31H43NO5/c1-5-22-16-24-28(31(37)32(30(24)36)23-9-7-6-8-10-23)25(17-33)27(22)26(34)12-11-18(2)13-21-14-19(3)29(35)20(4)15-21/h13-15,23-26,28,33-35H,5-12,16-17H2,1-4H3/b18-13+/t24-,25+,26-,28-/m1/s1. The van der Waals surface area contributed by atoms with Crippen LogP contribution in [0.3, 0.4) is 0 Å². The van der Waals surface area contributed by atoms with Gasteiger partial charge in [-0.05, 0) is 93.7 Å². The molecule has 2 fully saturated rings. The number of phenols is 1. The van der Waals surface area contributed by atoms with Crippen molar-refractivity contribution < 1.29 is 24.9 Å². The van der Waals surface area contributed by atoms with Gasteiger partial charge in [-0.3, -0.25) is 14.5 Å². The van der Waals surface area contributed by atoms with Crippen molar-refractivity contribution in [3.8, 4) is 5.75 Å². The molecule has 1 aromatic rings. The highest BCUT2D eigenvalue weighted by molar-refractivity contribution is 6.06. The minimum Gasteiger partial charge on any atom is -0.507 e. The third-order valence-corrected chi connectivity index (χ3v) is 8.88. The quantitative estimate of drug-likeness (QED) is 0.330. The second kappa shape index (κ2) is 11.5. The molecule has 0 unspecified atom stereocenters. The summed E-state index contributed by atoms with van der Waals surface area (Å²) in [5, 5.41) is 31.9. The van der Waals surface area contributed by atoms with Crippen molar-refractivity contribution in [1.29, 1.82) is 0 Å². The Morgan fingerprint density at radius 2 is 1.76 bits per heavy atom. The third-order valence-electron chi connectivity index (χ3n) is 8.88. The Morgan fingerprint density at radius 3 is 2.35 bits per heavy atom. The highest BCUT2D eigenvalue weighted by Crippen LogP contribution is 2.48. The van der Waals surface area contributed by atoms with Crippen LogP contribution in [0.4, 0.5) is 0 Å². The molecule has 202 valence electrons. The van der Waals surface area contributed by atoms with Crippen LogP contribution in [0.25, 0.3) is 6.08 Å². The van der Waals surface area contributed by atoms with Gasteiger partial charge in [0.2, 0.25) is 11.8 Å². The Balaban J connectivity index is 1.52. The number of carbonyl (C=O) groups excluding carboxylic acids is 2. The molecule has 2 aliphatic carbocycles. The molecular weight excluding hydrogens is 466 g/mol. The number of aliphatic hydroxyl groups is 2. The predicted octanol–water partition coefficient (Wildman–Crippen LogP) is 5.21. The molecule has 1 saturated carbocycles. The molecule has 4 atom stereocenters. The number of aryl methyl sites for hydroxylation is 2. The maximum Gasteiger partial charge on any atom is 0.234 e. The lowest BCUT2D eigenvalue weighted by Crippen LogP contribution is -2.42. The molecule has 1 saturated heterocycles. The summed E-state index contributed by atoms with van der Waals surface area (Å²) in [5.74, 6) is -1.40. The number of amides is 2. The molecule has 37 heavy (non-hydrogen) atoms. The number of likely N-dealkylation sites (tertiary alicyclic amines) is 1. The van der Waals surface area contributed by atoms with E-state index in [-0.39, 0.29) is 24.5 Å². The van der Waals surface area contributed by atoms with Crippen LogP contribution in [0.15, 0.2) is 28.9 Å². The van der Waals surface area contributed by atoms with E-state index < -0.39 is 23.9 Å². The average molecular weight is 510 g/mol. The zero-order valence-corrected chi connectivity index (χ0v) is 22.8. The van der Waals surface area contributed by atoms with Gasteiger partial charge in [-0.15, -0.1) is 0 Å². The third kappa shape index (κ3) is 5.42. The number of phenolic OH excluding ortho intramolecular Hbond substituents is 1. The van der Waals surface area contributed by atoms with Crippen molar-refractivity contribution in [3.63, 3.8) is 0 Å². The highest BCUT2D eigenvalue weighted by Gasteiger charge is 2.56. The van der Waals surface area contributed by atoms with Crippen LogP contribution in [0, 0.1) is 31.6 Å². The number of hydrogen-bond donors (Lipinski definition) is 3. The first kappa shape index (κ1) is 27.6. The van der Waals surface area contributed by atoms with Gasteiger partial charge in [-0.2, -0.15) is 0 Å². The van der Waals surface area contributed by atoms with Gasteiger partial charge in [0.15, 0.2) is 0 Å². The lowest BCUT2D eigenvalue weighted by atomic mass is 9.67. The van der Waals surface area contributed by atoms with Crippen LogP contribution >= 0.6 is 0 Å². The summed E-state index contributed by atoms with van der Waals surface area (Å²) in [4.78, 5) is 28.6. The number of carbonyl (C=O) groups is 2. The second-order valence-electron chi connectivity index (χ2n) is 11.4. The molecule has 0 bridgehead atoms. The Morgan fingerprint density at radius 1 is 1.11 bits per heavy atom. The van der Waals surface area contributed by atoms with E-state index in [0.717, 1.165) is 65.5 Å². The smallest absolute Gasteiger partial charge is 0.234 e. The Labute approximate surface area is 221 Å². The monoisotopic (exact) mass is 509 g/mol. The molecule has 1 aliphatic heterocycles. The molecule has 6 nitrogen and oxygen atoms in total. The number of hydrogen-bond acceptors (Lipinski definition) is 5. The fraction of sp³-hybridized carbons (Fsp3) is 0.613. The fourth-order valence-corrected chi connectivity index (χ4v) is 6.97. The van der Waals surface area contributed by atoms with Gasteiger partial charge in [-0.1, -0.05) is 43.4 Å². The van der Waals surface area contributed by atoms with Gasteiger partial charge >= 0.3 is 0 Å². The number of aliphatic hydroxyl groups excluding tert-OH is 2. The lowest BCUT2D eigenvalue weighted by Gasteiger charge is -2.36. The summed E-state index contributed by atoms with van der Waals surface area (Å²) >= 11 is 0. The van der Waals surface area contributed by atoms with Crippen LogP contribution in [0.5, 0.6) is 5.75 Å². The fourth-order valence-electron chi connectivity index (χ4n) is 6.97. The van der Waals surface area contributed by atoms with Crippen LogP contribution in [0.2, 0.25) is 0 Å². The minimum absolute atomic E-state index is 0.0166. The van der Waals surface area contributed by atoms with E-state index in [9.17, 15) is 24.9 Å². The maximum atomic E-state index is 13.6. The van der Waals surface area contributed by atoms with E-state index in [0.29, 0.717) is 31.4 Å². The molecule has 3 N–H and O–H groups in total. The Hall–Kier alpha value is -2.44. The van der Waals surface area contributed by atoms with E-state index in [1.165, 1.54) is 4.90 Å². The van der Waals surface area contributed by atoms with Crippen molar-refractivity contribution >= 4 is 17.9 Å². The molecule has 2 amide bonds. The summed E-state index contributed by atoms with van der Waals surface area (Å²) in [6.07, 6.45) is 8.61. The Bertz CT molecular complexity index is 1070. The molecule has 3 aliphatic rings. The molecular formula is C31H43NO5. The van der Waals surface area contributed by atoms with Crippen LogP contribution in [-0.2, 0) is 9.59 Å². The predicted molar refractivity (Wildman–Crippen MR) is 145 cm³/mol. The van der Waals surface area contributed by atoms with Gasteiger partial charge in [0.05, 0.1) is 24.5 Å². The molecule has 0 spiro atoms. The zero-order chi connectivity index (χ0) is 26.9. The highest BCUT2D eigenvalue weighted by atomic mass is 16.3. The van der Waals surface area contributed by atoms with Crippen molar-refractivity contribution in [1.82, 2.24) is 4.90 Å². The molecule has 4 rings (SSSR count). The normalized spacial score (nSPS) is 26.2. The Kier molecular flexibility index (Phi) is 8.59. The van der Waals surface area contributed by atoms with Crippen LogP contribution in [-0.4, -0.2) is 50.8 Å². The van der Waals surface area contributed by atoms with Crippen LogP contribution in [0.1, 0.15) is 88.3 Å². The summed E-state index contributed by atoms with van der Waals surface area (Å²) < 4.78 is 0. The van der Waals surface area contributed by atoms with Gasteiger partial charge in [-0.25, -0.2) is 0 Å². The molecule has 1 aromatic carbocycles. The van der Waals surface area contributed by atoms with E-state index in [2.05, 4.69) is 6.08 Å². The van der Waals surface area contributed by atoms with E-state index >= 15 is 0 Å². The number of imide groups is 1. The van der Waals surface area contributed by atoms with Gasteiger partial charge < -0.3 is 15.3 Å². The first-order chi connectivity index (χ1) is 17.7. The van der Waals surface area contributed by atoms with E-state index in [1.807, 2.05) is 39.8 Å². The second-order valence-corrected chi connectivity index (χ2v) is 11.4.